The van der Waals surface area contributed by atoms with Gasteiger partial charge in [0.05, 0.1) is 4.92 Å². The molecule has 0 saturated heterocycles. The van der Waals surface area contributed by atoms with Crippen molar-refractivity contribution in [2.24, 2.45) is 11.3 Å². The predicted molar refractivity (Wildman–Crippen MR) is 81.6 cm³/mol. The summed E-state index contributed by atoms with van der Waals surface area (Å²) in [5.74, 6) is 0.0505. The topological polar surface area (TPSA) is 69.4 Å². The lowest BCUT2D eigenvalue weighted by Gasteiger charge is -2.39. The van der Waals surface area contributed by atoms with Gasteiger partial charge in [-0.1, -0.05) is 31.9 Å². The Balaban J connectivity index is 1.79. The second-order valence-electron chi connectivity index (χ2n) is 6.69. The number of rotatable bonds is 3. The summed E-state index contributed by atoms with van der Waals surface area (Å²) in [5.41, 5.74) is -0.0940. The molecule has 0 amide bonds. The van der Waals surface area contributed by atoms with Crippen molar-refractivity contribution in [3.63, 3.8) is 0 Å². The normalized spacial score (nSPS) is 30.6. The first-order valence-electron chi connectivity index (χ1n) is 7.97. The molecule has 5 nitrogen and oxygen atoms in total. The minimum absolute atomic E-state index is 0.0392. The number of para-hydroxylation sites is 1. The number of benzene rings is 1. The molecule has 3 atom stereocenters. The van der Waals surface area contributed by atoms with Crippen LogP contribution in [0.3, 0.4) is 0 Å². The average Bonchev–Trinajstić information content (AvgIpc) is 2.84. The van der Waals surface area contributed by atoms with Crippen LogP contribution in [0.15, 0.2) is 24.3 Å². The highest BCUT2D eigenvalue weighted by molar-refractivity contribution is 5.94. The highest BCUT2D eigenvalue weighted by Crippen LogP contribution is 2.53. The third-order valence-corrected chi connectivity index (χ3v) is 5.53. The first-order chi connectivity index (χ1) is 10.5. The molecule has 2 aliphatic rings. The van der Waals surface area contributed by atoms with Crippen molar-refractivity contribution >= 4 is 11.7 Å². The molecule has 2 aliphatic carbocycles. The summed E-state index contributed by atoms with van der Waals surface area (Å²) in [7, 11) is 0. The van der Waals surface area contributed by atoms with Gasteiger partial charge in [-0.05, 0) is 37.7 Å². The summed E-state index contributed by atoms with van der Waals surface area (Å²) >= 11 is 0. The van der Waals surface area contributed by atoms with E-state index in [1.54, 1.807) is 12.1 Å². The Morgan fingerprint density at radius 1 is 1.27 bits per heavy atom. The van der Waals surface area contributed by atoms with E-state index >= 15 is 0 Å². The fourth-order valence-electron chi connectivity index (χ4n) is 4.20. The molecule has 0 N–H and O–H groups in total. The Morgan fingerprint density at radius 3 is 2.82 bits per heavy atom. The molecular weight excluding hydrogens is 282 g/mol. The van der Waals surface area contributed by atoms with Crippen molar-refractivity contribution < 1.29 is 14.5 Å². The van der Waals surface area contributed by atoms with Gasteiger partial charge in [0.15, 0.2) is 0 Å². The largest absolute Gasteiger partial charge is 0.458 e. The van der Waals surface area contributed by atoms with Gasteiger partial charge in [-0.15, -0.1) is 0 Å². The number of hydrogen-bond donors (Lipinski definition) is 0. The number of fused-ring (bicyclic) bond motifs is 1. The van der Waals surface area contributed by atoms with E-state index in [-0.39, 0.29) is 22.8 Å². The fraction of sp³-hybridized carbons (Fsp3) is 0.588. The maximum Gasteiger partial charge on any atom is 0.345 e. The predicted octanol–water partition coefficient (Wildman–Crippen LogP) is 4.11. The zero-order valence-electron chi connectivity index (χ0n) is 12.8. The van der Waals surface area contributed by atoms with E-state index in [0.717, 1.165) is 19.3 Å². The number of esters is 1. The van der Waals surface area contributed by atoms with Gasteiger partial charge in [0, 0.05) is 11.5 Å². The molecule has 0 aromatic heterocycles. The van der Waals surface area contributed by atoms with Crippen molar-refractivity contribution in [3.05, 3.63) is 39.9 Å². The minimum Gasteiger partial charge on any atom is -0.458 e. The molecule has 0 unspecified atom stereocenters. The van der Waals surface area contributed by atoms with Crippen LogP contribution >= 0.6 is 0 Å². The van der Waals surface area contributed by atoms with Crippen LogP contribution in [-0.4, -0.2) is 17.0 Å². The Kier molecular flexibility index (Phi) is 3.89. The highest BCUT2D eigenvalue weighted by Gasteiger charge is 2.49. The van der Waals surface area contributed by atoms with Crippen molar-refractivity contribution in [2.45, 2.75) is 51.6 Å². The summed E-state index contributed by atoms with van der Waals surface area (Å²) in [6.45, 7) is 2.21. The molecule has 0 heterocycles. The van der Waals surface area contributed by atoms with E-state index in [4.69, 9.17) is 4.74 Å². The van der Waals surface area contributed by atoms with E-state index in [0.29, 0.717) is 5.92 Å². The van der Waals surface area contributed by atoms with Gasteiger partial charge in [-0.2, -0.15) is 0 Å². The molecule has 1 aromatic rings. The van der Waals surface area contributed by atoms with Crippen molar-refractivity contribution in [1.29, 1.82) is 0 Å². The number of nitro benzene ring substituents is 1. The lowest BCUT2D eigenvalue weighted by atomic mass is 9.68. The van der Waals surface area contributed by atoms with Crippen molar-refractivity contribution in [3.8, 4) is 0 Å². The van der Waals surface area contributed by atoms with Crippen LogP contribution in [0.25, 0.3) is 0 Å². The minimum atomic E-state index is -0.565. The number of carbonyl (C=O) groups is 1. The number of nitro groups is 1. The SMILES string of the molecule is C[C@@]12CCCC[C@H]1CC[C@H]2OC(=O)c1ccccc1[N+](=O)[O-]. The first-order valence-corrected chi connectivity index (χ1v) is 7.97. The first kappa shape index (κ1) is 15.0. The molecule has 0 radical (unpaired) electrons. The summed E-state index contributed by atoms with van der Waals surface area (Å²) in [4.78, 5) is 22.9. The van der Waals surface area contributed by atoms with E-state index in [2.05, 4.69) is 6.92 Å². The maximum absolute atomic E-state index is 12.4. The molecule has 118 valence electrons. The number of ether oxygens (including phenoxy) is 1. The van der Waals surface area contributed by atoms with Gasteiger partial charge >= 0.3 is 5.97 Å². The highest BCUT2D eigenvalue weighted by atomic mass is 16.6. The summed E-state index contributed by atoms with van der Waals surface area (Å²) in [6, 6.07) is 6.00. The van der Waals surface area contributed by atoms with Crippen LogP contribution in [0.2, 0.25) is 0 Å². The molecule has 2 fully saturated rings. The Labute approximate surface area is 129 Å². The van der Waals surface area contributed by atoms with E-state index in [1.165, 1.54) is 31.4 Å². The smallest absolute Gasteiger partial charge is 0.345 e. The molecular formula is C17H21NO4. The van der Waals surface area contributed by atoms with Crippen LogP contribution in [-0.2, 0) is 4.74 Å². The van der Waals surface area contributed by atoms with Gasteiger partial charge in [-0.25, -0.2) is 4.79 Å². The molecule has 1 aromatic carbocycles. The molecule has 22 heavy (non-hydrogen) atoms. The van der Waals surface area contributed by atoms with Gasteiger partial charge in [0.2, 0.25) is 0 Å². The van der Waals surface area contributed by atoms with Gasteiger partial charge in [0.1, 0.15) is 11.7 Å². The van der Waals surface area contributed by atoms with Gasteiger partial charge < -0.3 is 4.74 Å². The van der Waals surface area contributed by atoms with Crippen LogP contribution < -0.4 is 0 Å². The molecule has 0 bridgehead atoms. The molecule has 5 heteroatoms. The number of carbonyl (C=O) groups excluding carboxylic acids is 1. The standard InChI is InChI=1S/C17H21NO4/c1-17-11-5-4-6-12(17)9-10-15(17)22-16(19)13-7-2-3-8-14(13)18(20)21/h2-3,7-8,12,15H,4-6,9-11H2,1H3/t12-,15+,17+/m0/s1. The molecule has 2 saturated carbocycles. The van der Waals surface area contributed by atoms with Crippen molar-refractivity contribution in [2.75, 3.05) is 0 Å². The average molecular weight is 303 g/mol. The van der Waals surface area contributed by atoms with E-state index in [9.17, 15) is 14.9 Å². The molecule has 0 aliphatic heterocycles. The third-order valence-electron chi connectivity index (χ3n) is 5.53. The molecule has 3 rings (SSSR count). The summed E-state index contributed by atoms with van der Waals surface area (Å²) in [5, 5.41) is 11.1. The number of hydrogen-bond acceptors (Lipinski definition) is 4. The van der Waals surface area contributed by atoms with Gasteiger partial charge in [-0.3, -0.25) is 10.1 Å². The van der Waals surface area contributed by atoms with Crippen LogP contribution in [0.4, 0.5) is 5.69 Å². The Hall–Kier alpha value is -1.91. The zero-order valence-corrected chi connectivity index (χ0v) is 12.8. The van der Waals surface area contributed by atoms with Crippen molar-refractivity contribution in [1.82, 2.24) is 0 Å². The maximum atomic E-state index is 12.4. The van der Waals surface area contributed by atoms with Crippen LogP contribution in [0, 0.1) is 21.4 Å². The number of nitrogens with zero attached hydrogens (tertiary/aromatic N) is 1. The van der Waals surface area contributed by atoms with E-state index < -0.39 is 10.9 Å². The quantitative estimate of drug-likeness (QED) is 0.478. The lowest BCUT2D eigenvalue weighted by molar-refractivity contribution is -0.385. The second-order valence-corrected chi connectivity index (χ2v) is 6.69. The Bertz CT molecular complexity index is 600. The summed E-state index contributed by atoms with van der Waals surface area (Å²) in [6.07, 6.45) is 6.55. The van der Waals surface area contributed by atoms with Gasteiger partial charge in [0.25, 0.3) is 5.69 Å². The fourth-order valence-corrected chi connectivity index (χ4v) is 4.20. The van der Waals surface area contributed by atoms with E-state index in [1.807, 2.05) is 0 Å². The lowest BCUT2D eigenvalue weighted by Crippen LogP contribution is -2.38. The zero-order chi connectivity index (χ0) is 15.7. The summed E-state index contributed by atoms with van der Waals surface area (Å²) < 4.78 is 5.72. The second kappa shape index (κ2) is 5.71. The molecule has 0 spiro atoms. The monoisotopic (exact) mass is 303 g/mol. The van der Waals surface area contributed by atoms with Crippen LogP contribution in [0.1, 0.15) is 55.8 Å². The Morgan fingerprint density at radius 2 is 2.05 bits per heavy atom. The van der Waals surface area contributed by atoms with Crippen LogP contribution in [0.5, 0.6) is 0 Å². The third kappa shape index (κ3) is 2.49.